The van der Waals surface area contributed by atoms with Crippen molar-refractivity contribution >= 4 is 18.4 Å². The molecule has 19 heavy (non-hydrogen) atoms. The Hall–Kier alpha value is -2.39. The molecule has 0 bridgehead atoms. The fraction of sp³-hybridized carbons (Fsp3) is 0.154. The first kappa shape index (κ1) is 13.1. The summed E-state index contributed by atoms with van der Waals surface area (Å²) in [6.07, 6.45) is 6.84. The molecule has 0 aliphatic carbocycles. The van der Waals surface area contributed by atoms with Crippen LogP contribution in [0.1, 0.15) is 11.4 Å². The van der Waals surface area contributed by atoms with Gasteiger partial charge in [-0.15, -0.1) is 6.42 Å². The standard InChI is InChI=1S/C13H12N4OS/c1-3-8-18-12-7-5-4-6-11(12)9-14-17-10(2)15-16-13(17)19/h1,4-7,9H,8H2,2H3,(H,16,19)/b14-9-. The normalized spacial score (nSPS) is 10.5. The molecule has 6 heteroatoms. The van der Waals surface area contributed by atoms with Crippen molar-refractivity contribution in [2.45, 2.75) is 6.92 Å². The number of aromatic amines is 1. The van der Waals surface area contributed by atoms with Gasteiger partial charge in [-0.2, -0.15) is 14.9 Å². The van der Waals surface area contributed by atoms with Crippen LogP contribution in [0.15, 0.2) is 29.4 Å². The molecule has 0 atom stereocenters. The van der Waals surface area contributed by atoms with E-state index < -0.39 is 0 Å². The van der Waals surface area contributed by atoms with E-state index in [0.717, 1.165) is 5.56 Å². The average molecular weight is 272 g/mol. The highest BCUT2D eigenvalue weighted by Crippen LogP contribution is 2.15. The second kappa shape index (κ2) is 5.98. The Bertz CT molecular complexity index is 693. The number of para-hydroxylation sites is 1. The summed E-state index contributed by atoms with van der Waals surface area (Å²) in [4.78, 5) is 0. The van der Waals surface area contributed by atoms with Crippen LogP contribution in [0.2, 0.25) is 0 Å². The number of hydrogen-bond acceptors (Lipinski definition) is 4. The number of nitrogens with zero attached hydrogens (tertiary/aromatic N) is 3. The van der Waals surface area contributed by atoms with Gasteiger partial charge in [-0.25, -0.2) is 0 Å². The molecule has 0 saturated carbocycles. The zero-order valence-electron chi connectivity index (χ0n) is 10.3. The van der Waals surface area contributed by atoms with Crippen LogP contribution in [-0.4, -0.2) is 27.7 Å². The number of benzene rings is 1. The number of nitrogens with one attached hydrogen (secondary N) is 1. The predicted molar refractivity (Wildman–Crippen MR) is 75.9 cm³/mol. The van der Waals surface area contributed by atoms with Crippen molar-refractivity contribution in [3.05, 3.63) is 40.4 Å². The minimum Gasteiger partial charge on any atom is -0.480 e. The minimum atomic E-state index is 0.217. The molecule has 1 heterocycles. The van der Waals surface area contributed by atoms with E-state index in [9.17, 15) is 0 Å². The average Bonchev–Trinajstić information content (AvgIpc) is 2.74. The molecule has 0 spiro atoms. The van der Waals surface area contributed by atoms with Crippen molar-refractivity contribution in [1.29, 1.82) is 0 Å². The van der Waals surface area contributed by atoms with Crippen molar-refractivity contribution in [2.75, 3.05) is 6.61 Å². The van der Waals surface area contributed by atoms with Crippen molar-refractivity contribution < 1.29 is 4.74 Å². The molecule has 0 amide bonds. The zero-order valence-corrected chi connectivity index (χ0v) is 11.1. The van der Waals surface area contributed by atoms with Crippen molar-refractivity contribution in [2.24, 2.45) is 5.10 Å². The third kappa shape index (κ3) is 3.09. The molecular weight excluding hydrogens is 260 g/mol. The molecule has 0 aliphatic heterocycles. The van der Waals surface area contributed by atoms with Gasteiger partial charge in [0, 0.05) is 5.56 Å². The summed E-state index contributed by atoms with van der Waals surface area (Å²) >= 11 is 5.06. The Balaban J connectivity index is 2.29. The molecule has 0 aliphatic rings. The topological polar surface area (TPSA) is 55.2 Å². The highest BCUT2D eigenvalue weighted by Gasteiger charge is 2.01. The lowest BCUT2D eigenvalue weighted by molar-refractivity contribution is 0.370. The second-order valence-electron chi connectivity index (χ2n) is 3.66. The van der Waals surface area contributed by atoms with E-state index in [1.807, 2.05) is 31.2 Å². The lowest BCUT2D eigenvalue weighted by atomic mass is 10.2. The number of ether oxygens (including phenoxy) is 1. The third-order valence-corrected chi connectivity index (χ3v) is 2.62. The van der Waals surface area contributed by atoms with E-state index in [0.29, 0.717) is 16.3 Å². The Labute approximate surface area is 115 Å². The van der Waals surface area contributed by atoms with Crippen molar-refractivity contribution in [3.63, 3.8) is 0 Å². The summed E-state index contributed by atoms with van der Waals surface area (Å²) in [5.74, 6) is 3.79. The van der Waals surface area contributed by atoms with Gasteiger partial charge in [-0.3, -0.25) is 5.10 Å². The maximum atomic E-state index is 5.43. The molecule has 0 radical (unpaired) electrons. The number of aryl methyl sites for hydroxylation is 1. The summed E-state index contributed by atoms with van der Waals surface area (Å²) in [5.41, 5.74) is 0.820. The quantitative estimate of drug-likeness (QED) is 0.527. The number of rotatable bonds is 4. The van der Waals surface area contributed by atoms with Crippen molar-refractivity contribution in [3.8, 4) is 18.1 Å². The Morgan fingerprint density at radius 2 is 2.37 bits per heavy atom. The summed E-state index contributed by atoms with van der Waals surface area (Å²) in [6.45, 7) is 2.03. The monoisotopic (exact) mass is 272 g/mol. The lowest BCUT2D eigenvalue weighted by Gasteiger charge is -2.05. The Morgan fingerprint density at radius 1 is 1.58 bits per heavy atom. The molecule has 1 aromatic heterocycles. The Kier molecular flexibility index (Phi) is 4.11. The number of hydrogen-bond donors (Lipinski definition) is 1. The summed E-state index contributed by atoms with van der Waals surface area (Å²) < 4.78 is 7.41. The fourth-order valence-electron chi connectivity index (χ4n) is 1.46. The van der Waals surface area contributed by atoms with Crippen LogP contribution in [0.25, 0.3) is 0 Å². The van der Waals surface area contributed by atoms with Crippen LogP contribution in [-0.2, 0) is 0 Å². The molecule has 1 N–H and O–H groups in total. The number of H-pyrrole nitrogens is 1. The first-order valence-corrected chi connectivity index (χ1v) is 5.97. The molecule has 1 aromatic carbocycles. The molecule has 0 saturated heterocycles. The molecular formula is C13H12N4OS. The molecule has 0 unspecified atom stereocenters. The lowest BCUT2D eigenvalue weighted by Crippen LogP contribution is -1.99. The van der Waals surface area contributed by atoms with E-state index >= 15 is 0 Å². The fourth-order valence-corrected chi connectivity index (χ4v) is 1.69. The smallest absolute Gasteiger partial charge is 0.216 e. The third-order valence-electron chi connectivity index (χ3n) is 2.35. The van der Waals surface area contributed by atoms with E-state index in [-0.39, 0.29) is 6.61 Å². The Morgan fingerprint density at radius 3 is 3.05 bits per heavy atom. The molecule has 96 valence electrons. The van der Waals surface area contributed by atoms with Gasteiger partial charge < -0.3 is 4.74 Å². The highest BCUT2D eigenvalue weighted by atomic mass is 32.1. The maximum absolute atomic E-state index is 5.43. The van der Waals surface area contributed by atoms with Gasteiger partial charge in [0.25, 0.3) is 0 Å². The van der Waals surface area contributed by atoms with Crippen LogP contribution in [0.5, 0.6) is 5.75 Å². The molecule has 5 nitrogen and oxygen atoms in total. The minimum absolute atomic E-state index is 0.217. The van der Waals surface area contributed by atoms with Gasteiger partial charge in [0.2, 0.25) is 4.77 Å². The summed E-state index contributed by atoms with van der Waals surface area (Å²) in [5, 5.41) is 10.9. The molecule has 0 fully saturated rings. The first-order valence-electron chi connectivity index (χ1n) is 5.56. The summed E-state index contributed by atoms with van der Waals surface area (Å²) in [7, 11) is 0. The van der Waals surface area contributed by atoms with Crippen LogP contribution < -0.4 is 4.74 Å². The van der Waals surface area contributed by atoms with Gasteiger partial charge in [0.05, 0.1) is 6.21 Å². The van der Waals surface area contributed by atoms with Crippen LogP contribution in [0, 0.1) is 24.0 Å². The maximum Gasteiger partial charge on any atom is 0.216 e. The number of terminal acetylenes is 1. The van der Waals surface area contributed by atoms with Gasteiger partial charge in [0.1, 0.15) is 18.2 Å². The largest absolute Gasteiger partial charge is 0.480 e. The van der Waals surface area contributed by atoms with Crippen molar-refractivity contribution in [1.82, 2.24) is 14.9 Å². The van der Waals surface area contributed by atoms with E-state index in [2.05, 4.69) is 21.2 Å². The van der Waals surface area contributed by atoms with E-state index in [4.69, 9.17) is 23.4 Å². The number of aromatic nitrogens is 3. The summed E-state index contributed by atoms with van der Waals surface area (Å²) in [6, 6.07) is 7.48. The first-order chi connectivity index (χ1) is 9.22. The van der Waals surface area contributed by atoms with E-state index in [1.54, 1.807) is 6.21 Å². The van der Waals surface area contributed by atoms with E-state index in [1.165, 1.54) is 4.68 Å². The molecule has 2 rings (SSSR count). The second-order valence-corrected chi connectivity index (χ2v) is 4.05. The van der Waals surface area contributed by atoms with Gasteiger partial charge in [-0.05, 0) is 31.3 Å². The highest BCUT2D eigenvalue weighted by molar-refractivity contribution is 7.71. The van der Waals surface area contributed by atoms with Crippen LogP contribution in [0.3, 0.4) is 0 Å². The SMILES string of the molecule is C#CCOc1ccccc1/C=N\n1c(C)n[nH]c1=S. The van der Waals surface area contributed by atoms with Crippen LogP contribution >= 0.6 is 12.2 Å². The van der Waals surface area contributed by atoms with Gasteiger partial charge in [0.15, 0.2) is 0 Å². The van der Waals surface area contributed by atoms with Gasteiger partial charge >= 0.3 is 0 Å². The van der Waals surface area contributed by atoms with Crippen LogP contribution in [0.4, 0.5) is 0 Å². The zero-order chi connectivity index (χ0) is 13.7. The van der Waals surface area contributed by atoms with Gasteiger partial charge in [-0.1, -0.05) is 18.1 Å². The molecule has 2 aromatic rings. The predicted octanol–water partition coefficient (Wildman–Crippen LogP) is 2.14.